The second-order valence-corrected chi connectivity index (χ2v) is 9.01. The summed E-state index contributed by atoms with van der Waals surface area (Å²) >= 11 is 1.08. The Hall–Kier alpha value is -3.33. The lowest BCUT2D eigenvalue weighted by molar-refractivity contribution is -0.201. The van der Waals surface area contributed by atoms with Crippen molar-refractivity contribution in [1.29, 1.82) is 0 Å². The van der Waals surface area contributed by atoms with Crippen LogP contribution in [0, 0.1) is 0 Å². The molecule has 1 aromatic rings. The molecule has 15 heteroatoms. The van der Waals surface area contributed by atoms with Crippen LogP contribution in [0.5, 0.6) is 0 Å². The van der Waals surface area contributed by atoms with Crippen LogP contribution in [0.2, 0.25) is 0 Å². The Morgan fingerprint density at radius 3 is 2.47 bits per heavy atom. The molecule has 3 aliphatic rings. The van der Waals surface area contributed by atoms with E-state index in [-0.39, 0.29) is 35.6 Å². The number of fused-ring (bicyclic) bond motifs is 1. The monoisotopic (exact) mass is 535 g/mol. The normalized spacial score (nSPS) is 23.7. The lowest BCUT2D eigenvalue weighted by Gasteiger charge is -2.48. The molecular formula is C21H15F6N3O5S. The van der Waals surface area contributed by atoms with Gasteiger partial charge < -0.3 is 15.4 Å². The molecule has 2 N–H and O–H groups in total. The van der Waals surface area contributed by atoms with Crippen molar-refractivity contribution in [2.45, 2.75) is 30.2 Å². The van der Waals surface area contributed by atoms with Gasteiger partial charge in [-0.3, -0.25) is 14.5 Å². The summed E-state index contributed by atoms with van der Waals surface area (Å²) in [6, 6.07) is 3.05. The Morgan fingerprint density at radius 2 is 1.83 bits per heavy atom. The summed E-state index contributed by atoms with van der Waals surface area (Å²) in [5, 5.41) is -0.788. The number of rotatable bonds is 3. The fourth-order valence-corrected chi connectivity index (χ4v) is 5.14. The molecule has 0 aliphatic carbocycles. The second-order valence-electron chi connectivity index (χ2n) is 7.91. The van der Waals surface area contributed by atoms with Gasteiger partial charge in [0.1, 0.15) is 17.1 Å². The van der Waals surface area contributed by atoms with E-state index in [2.05, 4.69) is 4.74 Å². The van der Waals surface area contributed by atoms with E-state index >= 15 is 0 Å². The average Bonchev–Trinajstić information content (AvgIpc) is 3.16. The van der Waals surface area contributed by atoms with E-state index < -0.39 is 58.8 Å². The van der Waals surface area contributed by atoms with Gasteiger partial charge >= 0.3 is 24.3 Å². The predicted molar refractivity (Wildman–Crippen MR) is 112 cm³/mol. The molecule has 2 saturated heterocycles. The maximum absolute atomic E-state index is 13.1. The minimum atomic E-state index is -5.47. The van der Waals surface area contributed by atoms with Gasteiger partial charge in [-0.25, -0.2) is 9.59 Å². The number of benzene rings is 1. The Bertz CT molecular complexity index is 1230. The smallest absolute Gasteiger partial charge is 0.382 e. The number of nitrogens with zero attached hydrogens (tertiary/aromatic N) is 2. The molecule has 0 aromatic heterocycles. The average molecular weight is 535 g/mol. The SMILES string of the molecule is N[C@@H]1C(=O)N2C(C(=O)OC(=O)C(F)(F)F)=C(/C=C3\CCN(c4cccc(C(F)(F)F)c4)C3=O)CS[C@H]12. The number of ether oxygens (including phenoxy) is 1. The van der Waals surface area contributed by atoms with Crippen LogP contribution in [0.25, 0.3) is 0 Å². The zero-order valence-corrected chi connectivity index (χ0v) is 18.7. The van der Waals surface area contributed by atoms with E-state index in [1.54, 1.807) is 0 Å². The van der Waals surface area contributed by atoms with E-state index in [0.717, 1.165) is 39.8 Å². The van der Waals surface area contributed by atoms with Crippen LogP contribution in [0.4, 0.5) is 32.0 Å². The van der Waals surface area contributed by atoms with Crippen LogP contribution in [0.1, 0.15) is 12.0 Å². The number of esters is 2. The van der Waals surface area contributed by atoms with E-state index in [0.29, 0.717) is 0 Å². The van der Waals surface area contributed by atoms with E-state index in [9.17, 15) is 45.5 Å². The van der Waals surface area contributed by atoms with Crippen LogP contribution in [0.3, 0.4) is 0 Å². The summed E-state index contributed by atoms with van der Waals surface area (Å²) in [6.07, 6.45) is -8.90. The highest BCUT2D eigenvalue weighted by molar-refractivity contribution is 8.00. The van der Waals surface area contributed by atoms with Crippen molar-refractivity contribution in [2.24, 2.45) is 5.73 Å². The first-order chi connectivity index (χ1) is 16.7. The molecule has 0 unspecified atom stereocenters. The molecule has 0 bridgehead atoms. The van der Waals surface area contributed by atoms with Crippen LogP contribution < -0.4 is 10.6 Å². The maximum Gasteiger partial charge on any atom is 0.491 e. The number of anilines is 1. The number of β-lactam (4-membered cyclic amide) rings is 1. The zero-order chi connectivity index (χ0) is 26.6. The molecule has 8 nitrogen and oxygen atoms in total. The van der Waals surface area contributed by atoms with Gasteiger partial charge in [0, 0.05) is 23.6 Å². The molecule has 0 spiro atoms. The first kappa shape index (κ1) is 25.8. The maximum atomic E-state index is 13.1. The molecule has 0 saturated carbocycles. The zero-order valence-electron chi connectivity index (χ0n) is 17.9. The molecule has 36 heavy (non-hydrogen) atoms. The first-order valence-corrected chi connectivity index (χ1v) is 11.2. The highest BCUT2D eigenvalue weighted by atomic mass is 32.2. The largest absolute Gasteiger partial charge is 0.491 e. The quantitative estimate of drug-likeness (QED) is 0.208. The van der Waals surface area contributed by atoms with Gasteiger partial charge in [0.15, 0.2) is 0 Å². The van der Waals surface area contributed by atoms with Gasteiger partial charge in [0.2, 0.25) is 5.91 Å². The highest BCUT2D eigenvalue weighted by Gasteiger charge is 2.53. The van der Waals surface area contributed by atoms with Crippen LogP contribution in [0.15, 0.2) is 47.2 Å². The van der Waals surface area contributed by atoms with Crippen molar-refractivity contribution in [3.63, 3.8) is 0 Å². The number of carbonyl (C=O) groups excluding carboxylic acids is 4. The van der Waals surface area contributed by atoms with Crippen molar-refractivity contribution in [1.82, 2.24) is 4.90 Å². The number of hydrogen-bond donors (Lipinski definition) is 1. The topological polar surface area (TPSA) is 110 Å². The standard InChI is InChI=1S/C21H15F6N3O5S/c22-20(23,24)11-2-1-3-12(7-11)29-5-4-9(15(29)31)6-10-8-36-17-13(28)16(32)30(17)14(10)18(33)35-19(34)21(25,26)27/h1-3,6-7,13,17H,4-5,8,28H2/b9-6+/t13-,17-/m1/s1. The lowest BCUT2D eigenvalue weighted by Crippen LogP contribution is -2.68. The van der Waals surface area contributed by atoms with Crippen LogP contribution in [-0.2, 0) is 30.1 Å². The fourth-order valence-electron chi connectivity index (χ4n) is 3.88. The Kier molecular flexibility index (Phi) is 6.41. The summed E-state index contributed by atoms with van der Waals surface area (Å²) in [5.74, 6) is -6.08. The van der Waals surface area contributed by atoms with Crippen molar-refractivity contribution in [3.05, 3.63) is 52.7 Å². The molecule has 2 amide bonds. The van der Waals surface area contributed by atoms with Crippen LogP contribution in [-0.4, -0.2) is 58.5 Å². The molecule has 192 valence electrons. The molecule has 1 aromatic carbocycles. The fraction of sp³-hybridized carbons (Fsp3) is 0.333. The third-order valence-electron chi connectivity index (χ3n) is 5.61. The number of alkyl halides is 6. The van der Waals surface area contributed by atoms with Crippen LogP contribution >= 0.6 is 11.8 Å². The van der Waals surface area contributed by atoms with Crippen molar-refractivity contribution in [3.8, 4) is 0 Å². The van der Waals surface area contributed by atoms with Crippen molar-refractivity contribution in [2.75, 3.05) is 17.2 Å². The van der Waals surface area contributed by atoms with Gasteiger partial charge in [-0.15, -0.1) is 11.8 Å². The summed E-state index contributed by atoms with van der Waals surface area (Å²) in [5.41, 5.74) is 4.01. The molecule has 2 atom stereocenters. The lowest BCUT2D eigenvalue weighted by atomic mass is 10.0. The van der Waals surface area contributed by atoms with Crippen molar-refractivity contribution < 1.29 is 50.3 Å². The van der Waals surface area contributed by atoms with E-state index in [1.807, 2.05) is 0 Å². The van der Waals surface area contributed by atoms with E-state index in [1.165, 1.54) is 12.1 Å². The Labute approximate surface area is 202 Å². The molecule has 3 aliphatic heterocycles. The van der Waals surface area contributed by atoms with Crippen molar-refractivity contribution >= 4 is 41.2 Å². The highest BCUT2D eigenvalue weighted by Crippen LogP contribution is 2.41. The number of halogens is 6. The summed E-state index contributed by atoms with van der Waals surface area (Å²) < 4.78 is 80.9. The number of hydrogen-bond acceptors (Lipinski definition) is 7. The number of thioether (sulfide) groups is 1. The minimum absolute atomic E-state index is 0.00508. The third kappa shape index (κ3) is 4.59. The molecule has 3 heterocycles. The molecular weight excluding hydrogens is 520 g/mol. The van der Waals surface area contributed by atoms with Gasteiger partial charge in [0.05, 0.1) is 5.56 Å². The van der Waals surface area contributed by atoms with E-state index in [4.69, 9.17) is 5.73 Å². The van der Waals surface area contributed by atoms with Gasteiger partial charge in [-0.05, 0) is 36.3 Å². The molecule has 0 radical (unpaired) electrons. The predicted octanol–water partition coefficient (Wildman–Crippen LogP) is 2.50. The second kappa shape index (κ2) is 8.96. The number of allylic oxidation sites excluding steroid dienone is 1. The minimum Gasteiger partial charge on any atom is -0.382 e. The number of amides is 2. The Morgan fingerprint density at radius 1 is 1.14 bits per heavy atom. The third-order valence-corrected chi connectivity index (χ3v) is 6.93. The number of carbonyl (C=O) groups is 4. The molecule has 2 fully saturated rings. The summed E-state index contributed by atoms with van der Waals surface area (Å²) in [7, 11) is 0. The van der Waals surface area contributed by atoms with Gasteiger partial charge in [-0.2, -0.15) is 26.3 Å². The summed E-state index contributed by atoms with van der Waals surface area (Å²) in [6.45, 7) is -0.00508. The number of nitrogens with two attached hydrogens (primary N) is 1. The Balaban J connectivity index is 1.67. The summed E-state index contributed by atoms with van der Waals surface area (Å²) in [4.78, 5) is 50.8. The first-order valence-electron chi connectivity index (χ1n) is 10.2. The molecule has 4 rings (SSSR count). The van der Waals surface area contributed by atoms with Gasteiger partial charge in [0.25, 0.3) is 5.91 Å². The van der Waals surface area contributed by atoms with Gasteiger partial charge in [-0.1, -0.05) is 6.07 Å².